The maximum absolute atomic E-state index is 13.3. The lowest BCUT2D eigenvalue weighted by Gasteiger charge is -2.44. The zero-order chi connectivity index (χ0) is 23.2. The Balaban J connectivity index is 1.62. The van der Waals surface area contributed by atoms with Gasteiger partial charge in [-0.3, -0.25) is 14.4 Å². The Morgan fingerprint density at radius 3 is 2.59 bits per heavy atom. The van der Waals surface area contributed by atoms with Crippen LogP contribution in [0.25, 0.3) is 0 Å². The summed E-state index contributed by atoms with van der Waals surface area (Å²) < 4.78 is 40.0. The van der Waals surface area contributed by atoms with Crippen molar-refractivity contribution >= 4 is 29.2 Å². The number of nitrogens with zero attached hydrogens (tertiary/aromatic N) is 4. The van der Waals surface area contributed by atoms with E-state index < -0.39 is 41.1 Å². The summed E-state index contributed by atoms with van der Waals surface area (Å²) in [6, 6.07) is 3.72. The van der Waals surface area contributed by atoms with Gasteiger partial charge in [0.2, 0.25) is 5.91 Å². The fourth-order valence-electron chi connectivity index (χ4n) is 3.93. The molecule has 1 atom stereocenters. The number of hydrogen-bond donors (Lipinski definition) is 2. The first-order valence-electron chi connectivity index (χ1n) is 9.75. The summed E-state index contributed by atoms with van der Waals surface area (Å²) in [5.41, 5.74) is -0.617. The van der Waals surface area contributed by atoms with E-state index in [0.717, 1.165) is 12.1 Å². The Kier molecular flexibility index (Phi) is 5.23. The lowest BCUT2D eigenvalue weighted by Crippen LogP contribution is -2.61. The average molecular weight is 448 g/mol. The van der Waals surface area contributed by atoms with Crippen molar-refractivity contribution in [2.75, 3.05) is 36.9 Å². The van der Waals surface area contributed by atoms with Crippen molar-refractivity contribution in [1.82, 2.24) is 20.4 Å². The summed E-state index contributed by atoms with van der Waals surface area (Å²) in [5, 5.41) is 13.2. The van der Waals surface area contributed by atoms with Crippen molar-refractivity contribution in [1.29, 1.82) is 0 Å². The third kappa shape index (κ3) is 3.51. The van der Waals surface area contributed by atoms with E-state index in [-0.39, 0.29) is 25.3 Å². The number of amides is 3. The molecule has 12 heteroatoms. The summed E-state index contributed by atoms with van der Waals surface area (Å²) in [6.07, 6.45) is -4.68. The van der Waals surface area contributed by atoms with Crippen LogP contribution in [0.15, 0.2) is 24.3 Å². The van der Waals surface area contributed by atoms with Gasteiger partial charge in [0.25, 0.3) is 11.8 Å². The number of benzene rings is 1. The Morgan fingerprint density at radius 2 is 1.91 bits per heavy atom. The van der Waals surface area contributed by atoms with Gasteiger partial charge < -0.3 is 20.4 Å². The molecule has 9 nitrogen and oxygen atoms in total. The second-order valence-corrected chi connectivity index (χ2v) is 7.44. The first kappa shape index (κ1) is 21.5. The van der Waals surface area contributed by atoms with Crippen LogP contribution in [0.1, 0.15) is 32.0 Å². The molecule has 0 radical (unpaired) electrons. The third-order valence-corrected chi connectivity index (χ3v) is 5.59. The maximum atomic E-state index is 13.3. The van der Waals surface area contributed by atoms with Crippen molar-refractivity contribution in [3.63, 3.8) is 0 Å². The molecule has 4 rings (SSSR count). The van der Waals surface area contributed by atoms with E-state index >= 15 is 0 Å². The molecule has 32 heavy (non-hydrogen) atoms. The molecule has 0 spiro atoms. The van der Waals surface area contributed by atoms with Gasteiger partial charge in [0.05, 0.1) is 23.4 Å². The monoisotopic (exact) mass is 448 g/mol. The van der Waals surface area contributed by atoms with Crippen LogP contribution in [-0.2, 0) is 11.0 Å². The summed E-state index contributed by atoms with van der Waals surface area (Å²) in [4.78, 5) is 40.6. The van der Waals surface area contributed by atoms with Crippen molar-refractivity contribution in [3.8, 4) is 0 Å². The van der Waals surface area contributed by atoms with Crippen LogP contribution in [0.3, 0.4) is 0 Å². The van der Waals surface area contributed by atoms with Gasteiger partial charge in [-0.25, -0.2) is 0 Å². The van der Waals surface area contributed by atoms with Gasteiger partial charge in [0.1, 0.15) is 6.04 Å². The molecule has 2 aliphatic rings. The van der Waals surface area contributed by atoms with E-state index in [1.165, 1.54) is 24.1 Å². The number of piperazine rings is 1. The molecule has 1 fully saturated rings. The van der Waals surface area contributed by atoms with E-state index in [9.17, 15) is 27.6 Å². The van der Waals surface area contributed by atoms with E-state index in [1.54, 1.807) is 11.8 Å². The van der Waals surface area contributed by atoms with Crippen molar-refractivity contribution in [2.24, 2.45) is 0 Å². The molecule has 168 valence electrons. The number of halogens is 3. The molecule has 0 aliphatic carbocycles. The number of hydrogen-bond acceptors (Lipinski definition) is 6. The maximum Gasteiger partial charge on any atom is 0.417 e. The molecule has 0 bridgehead atoms. The minimum Gasteiger partial charge on any atom is -0.354 e. The van der Waals surface area contributed by atoms with Crippen LogP contribution >= 0.6 is 0 Å². The van der Waals surface area contributed by atoms with Gasteiger partial charge in [0, 0.05) is 25.7 Å². The van der Waals surface area contributed by atoms with Crippen molar-refractivity contribution in [3.05, 3.63) is 46.6 Å². The number of rotatable bonds is 2. The molecular formula is C20H19F3N6O3. The Labute approximate surface area is 180 Å². The van der Waals surface area contributed by atoms with Crippen molar-refractivity contribution < 1.29 is 27.6 Å². The average Bonchev–Trinajstić information content (AvgIpc) is 2.78. The molecule has 2 N–H and O–H groups in total. The molecule has 2 aromatic rings. The second-order valence-electron chi connectivity index (χ2n) is 7.44. The van der Waals surface area contributed by atoms with Crippen LogP contribution in [0, 0.1) is 6.92 Å². The zero-order valence-electron chi connectivity index (χ0n) is 17.2. The third-order valence-electron chi connectivity index (χ3n) is 5.59. The van der Waals surface area contributed by atoms with Crippen LogP contribution in [-0.4, -0.2) is 65.5 Å². The Hall–Kier alpha value is -3.70. The Bertz CT molecular complexity index is 1120. The summed E-state index contributed by atoms with van der Waals surface area (Å²) in [6.45, 7) is 1.77. The lowest BCUT2D eigenvalue weighted by atomic mass is 10.0. The normalized spacial score (nSPS) is 17.9. The van der Waals surface area contributed by atoms with Crippen LogP contribution in [0.5, 0.6) is 0 Å². The lowest BCUT2D eigenvalue weighted by molar-refractivity contribution is -0.138. The molecule has 2 aliphatic heterocycles. The molecule has 1 saturated heterocycles. The summed E-state index contributed by atoms with van der Waals surface area (Å²) >= 11 is 0. The fourth-order valence-corrected chi connectivity index (χ4v) is 3.93. The quantitative estimate of drug-likeness (QED) is 0.720. The van der Waals surface area contributed by atoms with Gasteiger partial charge in [-0.1, -0.05) is 12.1 Å². The minimum atomic E-state index is -4.68. The largest absolute Gasteiger partial charge is 0.417 e. The Morgan fingerprint density at radius 1 is 1.19 bits per heavy atom. The highest BCUT2D eigenvalue weighted by atomic mass is 19.4. The fraction of sp³-hybridized carbons (Fsp3) is 0.350. The van der Waals surface area contributed by atoms with Crippen LogP contribution in [0.2, 0.25) is 0 Å². The first-order chi connectivity index (χ1) is 15.1. The smallest absolute Gasteiger partial charge is 0.354 e. The molecule has 1 aromatic heterocycles. The van der Waals surface area contributed by atoms with Gasteiger partial charge in [-0.2, -0.15) is 13.2 Å². The molecule has 3 amide bonds. The van der Waals surface area contributed by atoms with E-state index in [0.29, 0.717) is 17.1 Å². The first-order valence-corrected chi connectivity index (χ1v) is 9.75. The minimum absolute atomic E-state index is 0.0718. The molecule has 3 heterocycles. The highest BCUT2D eigenvalue weighted by Crippen LogP contribution is 2.36. The molecule has 1 aromatic carbocycles. The molecule has 0 saturated carbocycles. The number of carbonyl (C=O) groups is 3. The van der Waals surface area contributed by atoms with Crippen molar-refractivity contribution in [2.45, 2.75) is 19.1 Å². The highest BCUT2D eigenvalue weighted by Gasteiger charge is 2.42. The van der Waals surface area contributed by atoms with E-state index in [1.807, 2.05) is 0 Å². The summed E-state index contributed by atoms with van der Waals surface area (Å²) in [5.74, 6) is -1.35. The second kappa shape index (κ2) is 7.77. The standard InChI is InChI=1S/C20H19F3N6O3/c1-10-14-16(27-26-15(10)18(31)24-2)29-8-7-28(9-13(29)17(30)25-14)19(32)11-5-3-4-6-12(11)20(21,22)23/h3-6,13H,7-9H2,1-2H3,(H,24,31)(H,25,30). The predicted octanol–water partition coefficient (Wildman–Crippen LogP) is 1.45. The number of carbonyl (C=O) groups excluding carboxylic acids is 3. The topological polar surface area (TPSA) is 108 Å². The van der Waals surface area contributed by atoms with Gasteiger partial charge in [0.15, 0.2) is 11.5 Å². The number of fused-ring (bicyclic) bond motifs is 3. The van der Waals surface area contributed by atoms with Crippen LogP contribution in [0.4, 0.5) is 24.7 Å². The zero-order valence-corrected chi connectivity index (χ0v) is 17.2. The molecular weight excluding hydrogens is 429 g/mol. The summed E-state index contributed by atoms with van der Waals surface area (Å²) in [7, 11) is 1.45. The SMILES string of the molecule is CNC(=O)c1nnc2c(c1C)NC(=O)C1CN(C(=O)c3ccccc3C(F)(F)F)CCN21. The number of anilines is 2. The van der Waals surface area contributed by atoms with Crippen LogP contribution < -0.4 is 15.5 Å². The predicted molar refractivity (Wildman–Crippen MR) is 107 cm³/mol. The molecule has 1 unspecified atom stereocenters. The van der Waals surface area contributed by atoms with Gasteiger partial charge >= 0.3 is 6.18 Å². The van der Waals surface area contributed by atoms with E-state index in [2.05, 4.69) is 20.8 Å². The van der Waals surface area contributed by atoms with Gasteiger partial charge in [-0.15, -0.1) is 10.2 Å². The van der Waals surface area contributed by atoms with E-state index in [4.69, 9.17) is 0 Å². The number of nitrogens with one attached hydrogen (secondary N) is 2. The highest BCUT2D eigenvalue weighted by molar-refractivity contribution is 6.06. The number of aromatic nitrogens is 2. The number of alkyl halides is 3. The van der Waals surface area contributed by atoms with Gasteiger partial charge in [-0.05, 0) is 19.1 Å².